The van der Waals surface area contributed by atoms with Gasteiger partial charge in [-0.05, 0) is 12.1 Å². The fraction of sp³-hybridized carbons (Fsp3) is 0.250. The number of amides is 1. The van der Waals surface area contributed by atoms with Crippen molar-refractivity contribution in [3.8, 4) is 22.9 Å². The standard InChI is InChI=1S/C20H20N4O3/c1-26-16-8-5-9-17(12-16)27-14-19(25)23-10-11-24-18(13-23)21-22-20(24)15-6-3-2-4-7-15/h2-9,12H,10-11,13-14H2,1H3. The maximum Gasteiger partial charge on any atom is 0.260 e. The molecule has 0 spiro atoms. The van der Waals surface area contributed by atoms with Crippen molar-refractivity contribution in [2.75, 3.05) is 20.3 Å². The van der Waals surface area contributed by atoms with Crippen LogP contribution in [0, 0.1) is 0 Å². The smallest absolute Gasteiger partial charge is 0.260 e. The molecule has 4 rings (SSSR count). The van der Waals surface area contributed by atoms with Crippen LogP contribution in [0.15, 0.2) is 54.6 Å². The van der Waals surface area contributed by atoms with Crippen LogP contribution in [0.2, 0.25) is 0 Å². The minimum absolute atomic E-state index is 0.0210. The number of nitrogens with zero attached hydrogens (tertiary/aromatic N) is 4. The van der Waals surface area contributed by atoms with Gasteiger partial charge in [0.1, 0.15) is 11.5 Å². The largest absolute Gasteiger partial charge is 0.497 e. The normalized spacial score (nSPS) is 13.1. The second-order valence-corrected chi connectivity index (χ2v) is 6.24. The second kappa shape index (κ2) is 7.49. The van der Waals surface area contributed by atoms with E-state index in [1.54, 1.807) is 24.1 Å². The van der Waals surface area contributed by atoms with Gasteiger partial charge in [0.25, 0.3) is 5.91 Å². The molecule has 0 saturated heterocycles. The Morgan fingerprint density at radius 1 is 1.04 bits per heavy atom. The Balaban J connectivity index is 1.41. The van der Waals surface area contributed by atoms with Gasteiger partial charge >= 0.3 is 0 Å². The predicted octanol–water partition coefficient (Wildman–Crippen LogP) is 2.37. The Hall–Kier alpha value is -3.35. The fourth-order valence-corrected chi connectivity index (χ4v) is 3.10. The van der Waals surface area contributed by atoms with Crippen LogP contribution in [-0.4, -0.2) is 45.8 Å². The molecule has 0 radical (unpaired) electrons. The fourth-order valence-electron chi connectivity index (χ4n) is 3.10. The topological polar surface area (TPSA) is 69.5 Å². The molecule has 0 bridgehead atoms. The van der Waals surface area contributed by atoms with E-state index in [1.165, 1.54) is 0 Å². The number of fused-ring (bicyclic) bond motifs is 1. The van der Waals surface area contributed by atoms with Gasteiger partial charge in [-0.2, -0.15) is 0 Å². The zero-order valence-electron chi connectivity index (χ0n) is 15.0. The number of rotatable bonds is 5. The SMILES string of the molecule is COc1cccc(OCC(=O)N2CCn3c(nnc3-c3ccccc3)C2)c1. The van der Waals surface area contributed by atoms with E-state index in [0.29, 0.717) is 31.1 Å². The van der Waals surface area contributed by atoms with Crippen LogP contribution in [0.5, 0.6) is 11.5 Å². The highest BCUT2D eigenvalue weighted by atomic mass is 16.5. The van der Waals surface area contributed by atoms with Crippen molar-refractivity contribution in [3.05, 3.63) is 60.4 Å². The molecule has 1 amide bonds. The van der Waals surface area contributed by atoms with E-state index in [1.807, 2.05) is 42.5 Å². The van der Waals surface area contributed by atoms with Crippen LogP contribution in [0.3, 0.4) is 0 Å². The zero-order valence-corrected chi connectivity index (χ0v) is 15.0. The van der Waals surface area contributed by atoms with Crippen molar-refractivity contribution in [1.29, 1.82) is 0 Å². The summed E-state index contributed by atoms with van der Waals surface area (Å²) < 4.78 is 12.8. The Morgan fingerprint density at radius 3 is 2.67 bits per heavy atom. The van der Waals surface area contributed by atoms with Crippen LogP contribution < -0.4 is 9.47 Å². The lowest BCUT2D eigenvalue weighted by atomic mass is 10.2. The molecule has 0 aliphatic carbocycles. The summed E-state index contributed by atoms with van der Waals surface area (Å²) in [5.41, 5.74) is 1.03. The molecule has 7 nitrogen and oxygen atoms in total. The molecular weight excluding hydrogens is 344 g/mol. The molecule has 0 atom stereocenters. The third kappa shape index (κ3) is 3.62. The van der Waals surface area contributed by atoms with Gasteiger partial charge < -0.3 is 18.9 Å². The summed E-state index contributed by atoms with van der Waals surface area (Å²) in [5.74, 6) is 2.85. The number of carbonyl (C=O) groups excluding carboxylic acids is 1. The summed E-state index contributed by atoms with van der Waals surface area (Å²) in [5, 5.41) is 8.57. The lowest BCUT2D eigenvalue weighted by Gasteiger charge is -2.27. The van der Waals surface area contributed by atoms with E-state index in [2.05, 4.69) is 14.8 Å². The molecule has 1 aliphatic heterocycles. The lowest BCUT2D eigenvalue weighted by molar-refractivity contribution is -0.134. The van der Waals surface area contributed by atoms with Crippen molar-refractivity contribution >= 4 is 5.91 Å². The Kier molecular flexibility index (Phi) is 4.74. The van der Waals surface area contributed by atoms with E-state index in [9.17, 15) is 4.79 Å². The number of hydrogen-bond donors (Lipinski definition) is 0. The molecule has 2 aromatic carbocycles. The maximum atomic E-state index is 12.5. The van der Waals surface area contributed by atoms with Crippen LogP contribution in [0.4, 0.5) is 0 Å². The molecule has 0 fully saturated rings. The predicted molar refractivity (Wildman–Crippen MR) is 99.4 cm³/mol. The zero-order chi connectivity index (χ0) is 18.6. The number of aromatic nitrogens is 3. The highest BCUT2D eigenvalue weighted by molar-refractivity contribution is 5.77. The summed E-state index contributed by atoms with van der Waals surface area (Å²) in [6.07, 6.45) is 0. The molecule has 27 heavy (non-hydrogen) atoms. The van der Waals surface area contributed by atoms with Gasteiger partial charge in [0, 0.05) is 24.7 Å². The number of carbonyl (C=O) groups is 1. The summed E-state index contributed by atoms with van der Waals surface area (Å²) in [4.78, 5) is 14.3. The van der Waals surface area contributed by atoms with Gasteiger partial charge in [0.15, 0.2) is 18.3 Å². The molecule has 3 aromatic rings. The molecule has 138 valence electrons. The first-order valence-corrected chi connectivity index (χ1v) is 8.77. The van der Waals surface area contributed by atoms with Gasteiger partial charge in [0.2, 0.25) is 0 Å². The first kappa shape index (κ1) is 17.1. The summed E-state index contributed by atoms with van der Waals surface area (Å²) in [7, 11) is 1.60. The molecule has 2 heterocycles. The Bertz CT molecular complexity index is 939. The van der Waals surface area contributed by atoms with Crippen molar-refractivity contribution in [2.45, 2.75) is 13.1 Å². The first-order chi connectivity index (χ1) is 13.2. The molecule has 7 heteroatoms. The molecule has 0 saturated carbocycles. The highest BCUT2D eigenvalue weighted by Crippen LogP contribution is 2.22. The van der Waals surface area contributed by atoms with Crippen LogP contribution in [0.1, 0.15) is 5.82 Å². The average Bonchev–Trinajstić information content (AvgIpc) is 3.16. The second-order valence-electron chi connectivity index (χ2n) is 6.24. The number of ether oxygens (including phenoxy) is 2. The van der Waals surface area contributed by atoms with Crippen molar-refractivity contribution in [1.82, 2.24) is 19.7 Å². The van der Waals surface area contributed by atoms with Crippen LogP contribution >= 0.6 is 0 Å². The van der Waals surface area contributed by atoms with E-state index in [4.69, 9.17) is 9.47 Å². The number of hydrogen-bond acceptors (Lipinski definition) is 5. The maximum absolute atomic E-state index is 12.5. The van der Waals surface area contributed by atoms with Crippen LogP contribution in [0.25, 0.3) is 11.4 Å². The number of benzene rings is 2. The summed E-state index contributed by atoms with van der Waals surface area (Å²) in [6, 6.07) is 17.2. The molecule has 0 N–H and O–H groups in total. The molecule has 1 aromatic heterocycles. The summed E-state index contributed by atoms with van der Waals surface area (Å²) in [6.45, 7) is 1.68. The van der Waals surface area contributed by atoms with Gasteiger partial charge in [-0.1, -0.05) is 36.4 Å². The van der Waals surface area contributed by atoms with Gasteiger partial charge in [-0.25, -0.2) is 0 Å². The first-order valence-electron chi connectivity index (χ1n) is 8.77. The Labute approximate surface area is 157 Å². The number of methoxy groups -OCH3 is 1. The molecule has 0 unspecified atom stereocenters. The van der Waals surface area contributed by atoms with Crippen LogP contribution in [-0.2, 0) is 17.9 Å². The minimum Gasteiger partial charge on any atom is -0.497 e. The lowest BCUT2D eigenvalue weighted by Crippen LogP contribution is -2.41. The summed E-state index contributed by atoms with van der Waals surface area (Å²) >= 11 is 0. The minimum atomic E-state index is -0.0756. The van der Waals surface area contributed by atoms with E-state index in [0.717, 1.165) is 17.2 Å². The third-order valence-corrected chi connectivity index (χ3v) is 4.54. The van der Waals surface area contributed by atoms with E-state index >= 15 is 0 Å². The van der Waals surface area contributed by atoms with Gasteiger partial charge in [0.05, 0.1) is 13.7 Å². The third-order valence-electron chi connectivity index (χ3n) is 4.54. The van der Waals surface area contributed by atoms with Crippen molar-refractivity contribution in [3.63, 3.8) is 0 Å². The van der Waals surface area contributed by atoms with Crippen molar-refractivity contribution in [2.24, 2.45) is 0 Å². The Morgan fingerprint density at radius 2 is 1.85 bits per heavy atom. The molecule has 1 aliphatic rings. The quantitative estimate of drug-likeness (QED) is 0.695. The van der Waals surface area contributed by atoms with E-state index in [-0.39, 0.29) is 12.5 Å². The van der Waals surface area contributed by atoms with E-state index < -0.39 is 0 Å². The monoisotopic (exact) mass is 364 g/mol. The van der Waals surface area contributed by atoms with Gasteiger partial charge in [-0.15, -0.1) is 10.2 Å². The highest BCUT2D eigenvalue weighted by Gasteiger charge is 2.25. The van der Waals surface area contributed by atoms with Crippen molar-refractivity contribution < 1.29 is 14.3 Å². The average molecular weight is 364 g/mol. The molecular formula is C20H20N4O3. The van der Waals surface area contributed by atoms with Gasteiger partial charge in [-0.3, -0.25) is 4.79 Å².